The second-order valence-corrected chi connectivity index (χ2v) is 6.66. The first-order valence-electron chi connectivity index (χ1n) is 6.46. The van der Waals surface area contributed by atoms with Crippen LogP contribution in [0.3, 0.4) is 0 Å². The van der Waals surface area contributed by atoms with E-state index in [0.29, 0.717) is 11.1 Å². The molecule has 0 saturated carbocycles. The fraction of sp³-hybridized carbons (Fsp3) is 0.385. The van der Waals surface area contributed by atoms with Crippen LogP contribution in [0.4, 0.5) is 0 Å². The fourth-order valence-electron chi connectivity index (χ4n) is 1.88. The van der Waals surface area contributed by atoms with Gasteiger partial charge in [0.25, 0.3) is 5.22 Å². The molecule has 0 fully saturated rings. The summed E-state index contributed by atoms with van der Waals surface area (Å²) in [5, 5.41) is 7.10. The van der Waals surface area contributed by atoms with Gasteiger partial charge in [-0.15, -0.1) is 11.3 Å². The van der Waals surface area contributed by atoms with Gasteiger partial charge in [0, 0.05) is 18.1 Å². The van der Waals surface area contributed by atoms with E-state index in [1.165, 1.54) is 11.8 Å². The first-order chi connectivity index (χ1) is 9.74. The number of nitrogens with zero attached hydrogens (tertiary/aromatic N) is 3. The third-order valence-corrected chi connectivity index (χ3v) is 4.42. The number of aromatic nitrogens is 3. The zero-order valence-corrected chi connectivity index (χ0v) is 13.0. The Bertz CT molecular complexity index is 672. The van der Waals surface area contributed by atoms with E-state index in [-0.39, 0.29) is 0 Å². The molecule has 106 valence electrons. The predicted molar refractivity (Wildman–Crippen MR) is 80.2 cm³/mol. The molecule has 0 saturated heterocycles. The first kappa shape index (κ1) is 13.7. The highest BCUT2D eigenvalue weighted by Crippen LogP contribution is 2.30. The van der Waals surface area contributed by atoms with E-state index in [2.05, 4.69) is 39.7 Å². The Labute approximate surface area is 125 Å². The van der Waals surface area contributed by atoms with Crippen LogP contribution < -0.4 is 5.32 Å². The molecule has 0 radical (unpaired) electrons. The minimum absolute atomic E-state index is 0.626. The van der Waals surface area contributed by atoms with Gasteiger partial charge >= 0.3 is 0 Å². The van der Waals surface area contributed by atoms with E-state index < -0.39 is 0 Å². The van der Waals surface area contributed by atoms with Crippen LogP contribution in [0, 0.1) is 5.92 Å². The molecule has 20 heavy (non-hydrogen) atoms. The molecule has 0 aliphatic rings. The summed E-state index contributed by atoms with van der Waals surface area (Å²) in [6, 6.07) is 0. The maximum Gasteiger partial charge on any atom is 0.262 e. The van der Waals surface area contributed by atoms with Crippen LogP contribution in [0.2, 0.25) is 0 Å². The fourth-order valence-corrected chi connectivity index (χ4v) is 3.47. The lowest BCUT2D eigenvalue weighted by Crippen LogP contribution is -2.20. The summed E-state index contributed by atoms with van der Waals surface area (Å²) in [7, 11) is 0. The van der Waals surface area contributed by atoms with Crippen molar-refractivity contribution < 1.29 is 4.42 Å². The number of thiazole rings is 1. The van der Waals surface area contributed by atoms with Gasteiger partial charge in [0.05, 0.1) is 11.9 Å². The van der Waals surface area contributed by atoms with E-state index in [4.69, 9.17) is 4.42 Å². The molecule has 1 N–H and O–H groups in total. The maximum absolute atomic E-state index is 5.29. The van der Waals surface area contributed by atoms with Crippen molar-refractivity contribution in [3.8, 4) is 0 Å². The molecule has 0 unspecified atom stereocenters. The number of fused-ring (bicyclic) bond motifs is 1. The lowest BCUT2D eigenvalue weighted by Gasteiger charge is -2.07. The molecule has 0 aromatic carbocycles. The van der Waals surface area contributed by atoms with E-state index in [0.717, 1.165) is 28.8 Å². The summed E-state index contributed by atoms with van der Waals surface area (Å²) in [6.45, 7) is 6.18. The van der Waals surface area contributed by atoms with Crippen LogP contribution in [-0.4, -0.2) is 20.9 Å². The molecule has 0 aliphatic carbocycles. The van der Waals surface area contributed by atoms with Gasteiger partial charge in [0.1, 0.15) is 11.3 Å². The number of rotatable bonds is 6. The van der Waals surface area contributed by atoms with Crippen molar-refractivity contribution in [3.63, 3.8) is 0 Å². The van der Waals surface area contributed by atoms with Crippen LogP contribution in [0.15, 0.2) is 38.7 Å². The topological polar surface area (TPSA) is 55.4 Å². The number of imidazole rings is 1. The van der Waals surface area contributed by atoms with Gasteiger partial charge in [-0.2, -0.15) is 0 Å². The molecule has 0 amide bonds. The quantitative estimate of drug-likeness (QED) is 0.757. The molecular formula is C13H16N4OS2. The first-order valence-corrected chi connectivity index (χ1v) is 8.16. The molecule has 7 heteroatoms. The molecule has 0 atom stereocenters. The van der Waals surface area contributed by atoms with Crippen molar-refractivity contribution in [2.45, 2.75) is 30.6 Å². The Kier molecular flexibility index (Phi) is 4.09. The van der Waals surface area contributed by atoms with E-state index in [1.807, 2.05) is 5.38 Å². The highest BCUT2D eigenvalue weighted by molar-refractivity contribution is 7.99. The van der Waals surface area contributed by atoms with Crippen LogP contribution in [0.1, 0.15) is 19.5 Å². The molecule has 3 aromatic rings. The maximum atomic E-state index is 5.29. The zero-order chi connectivity index (χ0) is 13.9. The third-order valence-electron chi connectivity index (χ3n) is 2.76. The molecular weight excluding hydrogens is 292 g/mol. The summed E-state index contributed by atoms with van der Waals surface area (Å²) in [6.07, 6.45) is 5.29. The van der Waals surface area contributed by atoms with Crippen LogP contribution in [0.5, 0.6) is 0 Å². The number of oxazole rings is 1. The average Bonchev–Trinajstić information content (AvgIpc) is 3.09. The second-order valence-electron chi connectivity index (χ2n) is 4.84. The Hall–Kier alpha value is -1.31. The van der Waals surface area contributed by atoms with E-state index in [1.54, 1.807) is 23.8 Å². The SMILES string of the molecule is CC(C)CNCc1c(Sc2ncco2)nc2sccn12. The average molecular weight is 308 g/mol. The van der Waals surface area contributed by atoms with Crippen molar-refractivity contribution >= 4 is 28.1 Å². The molecule has 3 rings (SSSR count). The Morgan fingerprint density at radius 1 is 1.50 bits per heavy atom. The monoisotopic (exact) mass is 308 g/mol. The molecule has 0 aliphatic heterocycles. The van der Waals surface area contributed by atoms with Crippen molar-refractivity contribution in [2.24, 2.45) is 5.92 Å². The van der Waals surface area contributed by atoms with Gasteiger partial charge < -0.3 is 9.73 Å². The lowest BCUT2D eigenvalue weighted by molar-refractivity contribution is 0.453. The van der Waals surface area contributed by atoms with E-state index in [9.17, 15) is 0 Å². The van der Waals surface area contributed by atoms with Crippen LogP contribution in [-0.2, 0) is 6.54 Å². The Morgan fingerprint density at radius 2 is 2.40 bits per heavy atom. The molecule has 0 spiro atoms. The predicted octanol–water partition coefficient (Wildman–Crippen LogP) is 3.28. The minimum atomic E-state index is 0.626. The normalized spacial score (nSPS) is 11.8. The molecule has 0 bridgehead atoms. The largest absolute Gasteiger partial charge is 0.440 e. The number of hydrogen-bond acceptors (Lipinski definition) is 6. The van der Waals surface area contributed by atoms with Gasteiger partial charge in [-0.3, -0.25) is 4.40 Å². The van der Waals surface area contributed by atoms with Gasteiger partial charge in [-0.25, -0.2) is 9.97 Å². The Morgan fingerprint density at radius 3 is 3.15 bits per heavy atom. The summed E-state index contributed by atoms with van der Waals surface area (Å²) in [5.74, 6) is 0.628. The zero-order valence-electron chi connectivity index (χ0n) is 11.4. The summed E-state index contributed by atoms with van der Waals surface area (Å²) in [4.78, 5) is 9.80. The van der Waals surface area contributed by atoms with Gasteiger partial charge in [0.15, 0.2) is 4.96 Å². The van der Waals surface area contributed by atoms with Crippen molar-refractivity contribution in [1.82, 2.24) is 19.7 Å². The lowest BCUT2D eigenvalue weighted by atomic mass is 10.2. The summed E-state index contributed by atoms with van der Waals surface area (Å²) >= 11 is 3.10. The molecule has 3 heterocycles. The standard InChI is InChI=1S/C13H16N4OS2/c1-9(2)7-14-8-10-11(20-13-15-3-5-18-13)16-12-17(10)4-6-19-12/h3-6,9,14H,7-8H2,1-2H3. The smallest absolute Gasteiger partial charge is 0.262 e. The van der Waals surface area contributed by atoms with Gasteiger partial charge in [-0.05, 0) is 24.2 Å². The summed E-state index contributed by atoms with van der Waals surface area (Å²) in [5.41, 5.74) is 1.16. The second kappa shape index (κ2) is 5.99. The molecule has 3 aromatic heterocycles. The van der Waals surface area contributed by atoms with Crippen molar-refractivity contribution in [2.75, 3.05) is 6.54 Å². The Balaban J connectivity index is 1.84. The van der Waals surface area contributed by atoms with E-state index >= 15 is 0 Å². The molecule has 5 nitrogen and oxygen atoms in total. The van der Waals surface area contributed by atoms with Crippen molar-refractivity contribution in [1.29, 1.82) is 0 Å². The highest BCUT2D eigenvalue weighted by atomic mass is 32.2. The minimum Gasteiger partial charge on any atom is -0.440 e. The number of nitrogens with one attached hydrogen (secondary N) is 1. The van der Waals surface area contributed by atoms with Gasteiger partial charge in [-0.1, -0.05) is 13.8 Å². The number of hydrogen-bond donors (Lipinski definition) is 1. The van der Waals surface area contributed by atoms with Crippen LogP contribution in [0.25, 0.3) is 4.96 Å². The van der Waals surface area contributed by atoms with Gasteiger partial charge in [0.2, 0.25) is 0 Å². The third kappa shape index (κ3) is 2.89. The summed E-state index contributed by atoms with van der Waals surface area (Å²) < 4.78 is 7.42. The van der Waals surface area contributed by atoms with Crippen molar-refractivity contribution in [3.05, 3.63) is 29.7 Å². The van der Waals surface area contributed by atoms with Crippen LogP contribution >= 0.6 is 23.1 Å². The highest BCUT2D eigenvalue weighted by Gasteiger charge is 2.16.